The Bertz CT molecular complexity index is 1270. The fourth-order valence-corrected chi connectivity index (χ4v) is 3.32. The second-order valence-electron chi connectivity index (χ2n) is 9.31. The van der Waals surface area contributed by atoms with Gasteiger partial charge in [0.15, 0.2) is 12.4 Å². The van der Waals surface area contributed by atoms with Crippen LogP contribution in [0.25, 0.3) is 11.4 Å². The first-order valence-electron chi connectivity index (χ1n) is 13.6. The van der Waals surface area contributed by atoms with Crippen molar-refractivity contribution >= 4 is 17.5 Å². The van der Waals surface area contributed by atoms with Gasteiger partial charge in [-0.1, -0.05) is 41.6 Å². The second kappa shape index (κ2) is 18.0. The van der Waals surface area contributed by atoms with Gasteiger partial charge in [0, 0.05) is 25.1 Å². The summed E-state index contributed by atoms with van der Waals surface area (Å²) in [5.41, 5.74) is 3.54. The molecule has 3 aromatic rings. The maximum atomic E-state index is 12.1. The molecule has 13 nitrogen and oxygen atoms in total. The summed E-state index contributed by atoms with van der Waals surface area (Å²) in [4.78, 5) is 29.2. The number of amides is 2. The lowest BCUT2D eigenvalue weighted by Crippen LogP contribution is -2.31. The Hall–Kier alpha value is -4.49. The molecule has 2 amide bonds. The van der Waals surface area contributed by atoms with Gasteiger partial charge >= 0.3 is 0 Å². The molecule has 1 aromatic heterocycles. The molecular weight excluding hydrogens is 542 g/mol. The zero-order valence-electron chi connectivity index (χ0n) is 24.2. The maximum Gasteiger partial charge on any atom is 0.258 e. The fraction of sp³-hybridized carbons (Fsp3) is 0.414. The smallest absolute Gasteiger partial charge is 0.258 e. The molecule has 42 heavy (non-hydrogen) atoms. The number of aryl methyl sites for hydroxylation is 1. The van der Waals surface area contributed by atoms with Gasteiger partial charge in [0.1, 0.15) is 12.4 Å². The Kier molecular flexibility index (Phi) is 13.8. The van der Waals surface area contributed by atoms with Crippen LogP contribution in [0.2, 0.25) is 0 Å². The molecule has 0 unspecified atom stereocenters. The number of aromatic nitrogens is 4. The Labute approximate surface area is 245 Å². The Balaban J connectivity index is 1.15. The zero-order valence-corrected chi connectivity index (χ0v) is 24.2. The number of nitrogens with one attached hydrogen (secondary N) is 2. The van der Waals surface area contributed by atoms with Gasteiger partial charge in [-0.3, -0.25) is 9.59 Å². The molecule has 0 fully saturated rings. The van der Waals surface area contributed by atoms with E-state index in [-0.39, 0.29) is 31.4 Å². The summed E-state index contributed by atoms with van der Waals surface area (Å²) < 4.78 is 16.4. The molecule has 224 valence electrons. The quantitative estimate of drug-likeness (QED) is 0.130. The Morgan fingerprint density at radius 1 is 0.786 bits per heavy atom. The first-order valence-corrected chi connectivity index (χ1v) is 13.6. The van der Waals surface area contributed by atoms with E-state index in [1.807, 2.05) is 50.2 Å². The molecule has 3 rings (SSSR count). The van der Waals surface area contributed by atoms with E-state index in [9.17, 15) is 9.59 Å². The van der Waals surface area contributed by atoms with Crippen molar-refractivity contribution in [2.45, 2.75) is 40.3 Å². The minimum absolute atomic E-state index is 0.0938. The van der Waals surface area contributed by atoms with Crippen LogP contribution in [0.3, 0.4) is 0 Å². The van der Waals surface area contributed by atoms with Crippen LogP contribution in [0.15, 0.2) is 53.7 Å². The fourth-order valence-electron chi connectivity index (χ4n) is 3.32. The zero-order chi connectivity index (χ0) is 30.0. The van der Waals surface area contributed by atoms with Crippen LogP contribution in [0.5, 0.6) is 5.75 Å². The number of carbonyl (C=O) groups is 2. The number of benzene rings is 2. The van der Waals surface area contributed by atoms with Crippen molar-refractivity contribution in [1.29, 1.82) is 0 Å². The predicted molar refractivity (Wildman–Crippen MR) is 154 cm³/mol. The Morgan fingerprint density at radius 2 is 1.45 bits per heavy atom. The predicted octanol–water partition coefficient (Wildman–Crippen LogP) is 2.39. The van der Waals surface area contributed by atoms with E-state index in [1.54, 1.807) is 19.1 Å². The van der Waals surface area contributed by atoms with Crippen LogP contribution in [-0.4, -0.2) is 77.5 Å². The van der Waals surface area contributed by atoms with Crippen LogP contribution < -0.4 is 15.4 Å². The number of rotatable bonds is 18. The number of carbonyl (C=O) groups excluding carboxylic acids is 2. The van der Waals surface area contributed by atoms with Gasteiger partial charge in [-0.05, 0) is 44.0 Å². The molecule has 0 saturated heterocycles. The Morgan fingerprint density at radius 3 is 2.14 bits per heavy atom. The highest BCUT2D eigenvalue weighted by Crippen LogP contribution is 2.14. The summed E-state index contributed by atoms with van der Waals surface area (Å²) in [5.74, 6) is 1.20. The maximum absolute atomic E-state index is 12.1. The van der Waals surface area contributed by atoms with Gasteiger partial charge < -0.3 is 29.7 Å². The summed E-state index contributed by atoms with van der Waals surface area (Å²) in [6.07, 6.45) is 0.242. The van der Waals surface area contributed by atoms with Crippen molar-refractivity contribution in [2.75, 3.05) is 39.6 Å². The minimum atomic E-state index is -0.244. The summed E-state index contributed by atoms with van der Waals surface area (Å²) in [5, 5.41) is 25.3. The summed E-state index contributed by atoms with van der Waals surface area (Å²) in [7, 11) is 0. The summed E-state index contributed by atoms with van der Waals surface area (Å²) >= 11 is 0. The highest BCUT2D eigenvalue weighted by molar-refractivity contribution is 5.78. The van der Waals surface area contributed by atoms with Crippen molar-refractivity contribution in [3.8, 4) is 17.1 Å². The van der Waals surface area contributed by atoms with Crippen LogP contribution in [0, 0.1) is 6.92 Å². The van der Waals surface area contributed by atoms with E-state index in [2.05, 4.69) is 36.2 Å². The molecular formula is C29H37N7O6. The van der Waals surface area contributed by atoms with Gasteiger partial charge in [0.05, 0.1) is 32.1 Å². The molecule has 0 aliphatic carbocycles. The average Bonchev–Trinajstić information content (AvgIpc) is 2.99. The lowest BCUT2D eigenvalue weighted by Gasteiger charge is -2.09. The van der Waals surface area contributed by atoms with E-state index >= 15 is 0 Å². The number of ether oxygens (including phenoxy) is 3. The molecule has 0 bridgehead atoms. The average molecular weight is 580 g/mol. The third kappa shape index (κ3) is 12.8. The van der Waals surface area contributed by atoms with E-state index in [4.69, 9.17) is 19.0 Å². The number of hydrogen-bond acceptors (Lipinski definition) is 11. The van der Waals surface area contributed by atoms with Crippen LogP contribution in [0.1, 0.15) is 37.2 Å². The van der Waals surface area contributed by atoms with Crippen molar-refractivity contribution in [2.24, 2.45) is 5.16 Å². The third-order valence-electron chi connectivity index (χ3n) is 5.47. The van der Waals surface area contributed by atoms with E-state index in [0.717, 1.165) is 22.4 Å². The molecule has 0 aliphatic heterocycles. The van der Waals surface area contributed by atoms with Gasteiger partial charge in [-0.15, -0.1) is 20.4 Å². The molecule has 0 atom stereocenters. The van der Waals surface area contributed by atoms with E-state index in [1.165, 1.54) is 0 Å². The highest BCUT2D eigenvalue weighted by atomic mass is 16.6. The van der Waals surface area contributed by atoms with Gasteiger partial charge in [-0.25, -0.2) is 0 Å². The standard InChI is InChI=1S/C29H37N7O6/c1-21(2)36-42-19-24-6-10-26(11-7-24)41-20-28(38)30-13-15-40-17-16-39-14-12-27(37)31-18-23-4-8-25(9-5-23)29-34-32-22(3)33-35-29/h4-11H,12-20H2,1-3H3,(H,30,38)(H,31,37). The molecule has 1 heterocycles. The molecule has 2 N–H and O–H groups in total. The number of hydrogen-bond donors (Lipinski definition) is 2. The molecule has 0 spiro atoms. The monoisotopic (exact) mass is 579 g/mol. The minimum Gasteiger partial charge on any atom is -0.484 e. The largest absolute Gasteiger partial charge is 0.484 e. The molecule has 0 radical (unpaired) electrons. The summed E-state index contributed by atoms with van der Waals surface area (Å²) in [6, 6.07) is 14.8. The normalized spacial score (nSPS) is 10.5. The van der Waals surface area contributed by atoms with Crippen LogP contribution in [0.4, 0.5) is 0 Å². The van der Waals surface area contributed by atoms with E-state index in [0.29, 0.717) is 56.9 Å². The first-order chi connectivity index (χ1) is 20.4. The molecule has 13 heteroatoms. The van der Waals surface area contributed by atoms with Crippen molar-refractivity contribution < 1.29 is 28.6 Å². The number of oxime groups is 1. The molecule has 2 aromatic carbocycles. The van der Waals surface area contributed by atoms with Crippen LogP contribution in [-0.2, 0) is 37.1 Å². The SMILES string of the molecule is CC(C)=NOCc1ccc(OCC(=O)NCCOCCOCCC(=O)NCc2ccc(-c3nnc(C)nn3)cc2)cc1. The third-order valence-corrected chi connectivity index (χ3v) is 5.47. The van der Waals surface area contributed by atoms with Gasteiger partial charge in [-0.2, -0.15) is 0 Å². The van der Waals surface area contributed by atoms with Crippen molar-refractivity contribution in [3.05, 3.63) is 65.5 Å². The number of nitrogens with zero attached hydrogens (tertiary/aromatic N) is 5. The molecule has 0 aliphatic rings. The lowest BCUT2D eigenvalue weighted by atomic mass is 10.1. The second-order valence-corrected chi connectivity index (χ2v) is 9.31. The molecule has 0 saturated carbocycles. The van der Waals surface area contributed by atoms with Crippen molar-refractivity contribution in [3.63, 3.8) is 0 Å². The van der Waals surface area contributed by atoms with Crippen molar-refractivity contribution in [1.82, 2.24) is 31.0 Å². The van der Waals surface area contributed by atoms with Crippen LogP contribution >= 0.6 is 0 Å². The van der Waals surface area contributed by atoms with E-state index < -0.39 is 0 Å². The lowest BCUT2D eigenvalue weighted by molar-refractivity contribution is -0.123. The van der Waals surface area contributed by atoms with Gasteiger partial charge in [0.2, 0.25) is 11.7 Å². The topological polar surface area (TPSA) is 159 Å². The first kappa shape index (κ1) is 32.0. The highest BCUT2D eigenvalue weighted by Gasteiger charge is 2.06. The van der Waals surface area contributed by atoms with Gasteiger partial charge in [0.25, 0.3) is 5.91 Å². The summed E-state index contributed by atoms with van der Waals surface area (Å²) in [6.45, 7) is 7.80.